The summed E-state index contributed by atoms with van der Waals surface area (Å²) in [4.78, 5) is 13.6. The zero-order valence-corrected chi connectivity index (χ0v) is 6.94. The fraction of sp³-hybridized carbons (Fsp3) is 0.167. The van der Waals surface area contributed by atoms with E-state index in [2.05, 4.69) is 25.7 Å². The van der Waals surface area contributed by atoms with Crippen molar-refractivity contribution >= 4 is 21.9 Å². The number of H-pyrrole nitrogens is 1. The minimum absolute atomic E-state index is 0.340. The molecular formula is C6H6BrNO2. The van der Waals surface area contributed by atoms with E-state index < -0.39 is 0 Å². The quantitative estimate of drug-likeness (QED) is 0.705. The van der Waals surface area contributed by atoms with E-state index in [4.69, 9.17) is 0 Å². The number of aromatic nitrogens is 1. The number of ether oxygens (including phenoxy) is 1. The molecule has 1 aromatic rings. The summed E-state index contributed by atoms with van der Waals surface area (Å²) in [5, 5.41) is 0. The largest absolute Gasteiger partial charge is 0.465 e. The molecule has 0 fully saturated rings. The van der Waals surface area contributed by atoms with Crippen LogP contribution in [0.25, 0.3) is 0 Å². The third kappa shape index (κ3) is 1.21. The van der Waals surface area contributed by atoms with Crippen molar-refractivity contribution in [2.24, 2.45) is 0 Å². The minimum atomic E-state index is -0.340. The van der Waals surface area contributed by atoms with Gasteiger partial charge in [-0.15, -0.1) is 0 Å². The standard InChI is InChI=1S/C6H6BrNO2/c1-10-6(9)4-2-8-3-5(4)7/h2-3,8H,1H3. The summed E-state index contributed by atoms with van der Waals surface area (Å²) < 4.78 is 5.21. The highest BCUT2D eigenvalue weighted by molar-refractivity contribution is 9.10. The molecule has 0 spiro atoms. The van der Waals surface area contributed by atoms with Gasteiger partial charge in [0.25, 0.3) is 0 Å². The van der Waals surface area contributed by atoms with Crippen LogP contribution in [0.1, 0.15) is 10.4 Å². The highest BCUT2D eigenvalue weighted by Gasteiger charge is 2.09. The molecule has 0 aliphatic heterocycles. The lowest BCUT2D eigenvalue weighted by Crippen LogP contribution is -1.99. The van der Waals surface area contributed by atoms with Crippen LogP contribution in [0.15, 0.2) is 16.9 Å². The van der Waals surface area contributed by atoms with Gasteiger partial charge in [0.2, 0.25) is 0 Å². The van der Waals surface area contributed by atoms with Crippen LogP contribution in [0.2, 0.25) is 0 Å². The van der Waals surface area contributed by atoms with Gasteiger partial charge in [-0.3, -0.25) is 0 Å². The van der Waals surface area contributed by atoms with Gasteiger partial charge in [-0.1, -0.05) is 0 Å². The van der Waals surface area contributed by atoms with Crippen LogP contribution in [0, 0.1) is 0 Å². The highest BCUT2D eigenvalue weighted by atomic mass is 79.9. The van der Waals surface area contributed by atoms with E-state index in [1.807, 2.05) is 0 Å². The molecule has 54 valence electrons. The van der Waals surface area contributed by atoms with Gasteiger partial charge < -0.3 is 9.72 Å². The van der Waals surface area contributed by atoms with Gasteiger partial charge >= 0.3 is 5.97 Å². The molecule has 1 rings (SSSR count). The summed E-state index contributed by atoms with van der Waals surface area (Å²) in [7, 11) is 1.35. The first-order valence-electron chi connectivity index (χ1n) is 2.66. The van der Waals surface area contributed by atoms with Crippen LogP contribution >= 0.6 is 15.9 Å². The monoisotopic (exact) mass is 203 g/mol. The Bertz CT molecular complexity index is 244. The molecule has 0 unspecified atom stereocenters. The summed E-state index contributed by atoms with van der Waals surface area (Å²) in [5.74, 6) is -0.340. The van der Waals surface area contributed by atoms with Gasteiger partial charge in [-0.25, -0.2) is 4.79 Å². The average molecular weight is 204 g/mol. The number of methoxy groups -OCH3 is 1. The van der Waals surface area contributed by atoms with Gasteiger partial charge in [-0.2, -0.15) is 0 Å². The van der Waals surface area contributed by atoms with Crippen LogP contribution in [-0.4, -0.2) is 18.1 Å². The summed E-state index contributed by atoms with van der Waals surface area (Å²) in [5.41, 5.74) is 0.516. The second kappa shape index (κ2) is 2.88. The lowest BCUT2D eigenvalue weighted by atomic mass is 10.3. The fourth-order valence-corrected chi connectivity index (χ4v) is 1.02. The third-order valence-corrected chi connectivity index (χ3v) is 1.76. The molecule has 0 radical (unpaired) electrons. The van der Waals surface area contributed by atoms with Crippen molar-refractivity contribution in [1.82, 2.24) is 4.98 Å². The predicted molar refractivity (Wildman–Crippen MR) is 39.8 cm³/mol. The van der Waals surface area contributed by atoms with Crippen molar-refractivity contribution in [3.8, 4) is 0 Å². The normalized spacial score (nSPS) is 9.40. The summed E-state index contributed by atoms with van der Waals surface area (Å²) in [6, 6.07) is 0. The Morgan fingerprint density at radius 1 is 1.70 bits per heavy atom. The summed E-state index contributed by atoms with van der Waals surface area (Å²) in [6.07, 6.45) is 3.25. The Morgan fingerprint density at radius 2 is 2.40 bits per heavy atom. The highest BCUT2D eigenvalue weighted by Crippen LogP contribution is 2.15. The molecule has 1 heterocycles. The molecule has 0 aliphatic rings. The van der Waals surface area contributed by atoms with Crippen LogP contribution in [0.3, 0.4) is 0 Å². The molecule has 0 aromatic carbocycles. The number of carbonyl (C=O) groups is 1. The number of hydrogen-bond donors (Lipinski definition) is 1. The topological polar surface area (TPSA) is 42.1 Å². The number of hydrogen-bond acceptors (Lipinski definition) is 2. The Kier molecular flexibility index (Phi) is 2.11. The van der Waals surface area contributed by atoms with Crippen LogP contribution in [0.5, 0.6) is 0 Å². The number of halogens is 1. The smallest absolute Gasteiger partial charge is 0.340 e. The summed E-state index contributed by atoms with van der Waals surface area (Å²) in [6.45, 7) is 0. The molecule has 0 aliphatic carbocycles. The number of nitrogens with one attached hydrogen (secondary N) is 1. The Balaban J connectivity index is 2.93. The molecule has 0 saturated heterocycles. The van der Waals surface area contributed by atoms with Crippen molar-refractivity contribution in [2.75, 3.05) is 7.11 Å². The second-order valence-corrected chi connectivity index (χ2v) is 2.56. The van der Waals surface area contributed by atoms with E-state index in [0.717, 1.165) is 4.47 Å². The molecule has 0 amide bonds. The fourth-order valence-electron chi connectivity index (χ4n) is 0.611. The molecular weight excluding hydrogens is 198 g/mol. The number of rotatable bonds is 1. The Hall–Kier alpha value is -0.770. The maximum atomic E-state index is 10.8. The number of esters is 1. The van der Waals surface area contributed by atoms with Crippen molar-refractivity contribution in [3.63, 3.8) is 0 Å². The molecule has 0 bridgehead atoms. The number of aromatic amines is 1. The van der Waals surface area contributed by atoms with Gasteiger partial charge in [0.05, 0.1) is 12.7 Å². The maximum absolute atomic E-state index is 10.8. The Labute approximate surface area is 66.5 Å². The SMILES string of the molecule is COC(=O)c1c[nH]cc1Br. The van der Waals surface area contributed by atoms with Crippen molar-refractivity contribution < 1.29 is 9.53 Å². The first-order chi connectivity index (χ1) is 4.75. The van der Waals surface area contributed by atoms with Gasteiger partial charge in [-0.05, 0) is 15.9 Å². The lowest BCUT2D eigenvalue weighted by molar-refractivity contribution is 0.0600. The van der Waals surface area contributed by atoms with Crippen LogP contribution < -0.4 is 0 Å². The molecule has 0 atom stereocenters. The molecule has 1 aromatic heterocycles. The van der Waals surface area contributed by atoms with Crippen LogP contribution in [-0.2, 0) is 4.74 Å². The zero-order valence-electron chi connectivity index (χ0n) is 5.35. The van der Waals surface area contributed by atoms with E-state index in [1.165, 1.54) is 7.11 Å². The Morgan fingerprint density at radius 3 is 2.80 bits per heavy atom. The summed E-state index contributed by atoms with van der Waals surface area (Å²) >= 11 is 3.18. The van der Waals surface area contributed by atoms with Gasteiger partial charge in [0.1, 0.15) is 0 Å². The average Bonchev–Trinajstić information content (AvgIpc) is 2.34. The van der Waals surface area contributed by atoms with Crippen molar-refractivity contribution in [3.05, 3.63) is 22.4 Å². The third-order valence-electron chi connectivity index (χ3n) is 1.10. The molecule has 3 nitrogen and oxygen atoms in total. The molecule has 0 saturated carbocycles. The second-order valence-electron chi connectivity index (χ2n) is 1.71. The molecule has 1 N–H and O–H groups in total. The van der Waals surface area contributed by atoms with E-state index in [-0.39, 0.29) is 5.97 Å². The van der Waals surface area contributed by atoms with Crippen molar-refractivity contribution in [1.29, 1.82) is 0 Å². The lowest BCUT2D eigenvalue weighted by Gasteiger charge is -1.93. The van der Waals surface area contributed by atoms with Gasteiger partial charge in [0, 0.05) is 16.9 Å². The van der Waals surface area contributed by atoms with Crippen molar-refractivity contribution in [2.45, 2.75) is 0 Å². The first-order valence-corrected chi connectivity index (χ1v) is 3.45. The molecule has 10 heavy (non-hydrogen) atoms. The molecule has 4 heteroatoms. The van der Waals surface area contributed by atoms with E-state index >= 15 is 0 Å². The van der Waals surface area contributed by atoms with E-state index in [9.17, 15) is 4.79 Å². The predicted octanol–water partition coefficient (Wildman–Crippen LogP) is 1.56. The maximum Gasteiger partial charge on any atom is 0.340 e. The number of carbonyl (C=O) groups excluding carboxylic acids is 1. The van der Waals surface area contributed by atoms with E-state index in [1.54, 1.807) is 12.4 Å². The minimum Gasteiger partial charge on any atom is -0.465 e. The van der Waals surface area contributed by atoms with Crippen LogP contribution in [0.4, 0.5) is 0 Å². The zero-order chi connectivity index (χ0) is 7.56. The first kappa shape index (κ1) is 7.34. The van der Waals surface area contributed by atoms with Gasteiger partial charge in [0.15, 0.2) is 0 Å². The van der Waals surface area contributed by atoms with E-state index in [0.29, 0.717) is 5.56 Å².